The van der Waals surface area contributed by atoms with E-state index in [0.29, 0.717) is 19.6 Å². The van der Waals surface area contributed by atoms with Gasteiger partial charge in [0.25, 0.3) is 0 Å². The van der Waals surface area contributed by atoms with Crippen LogP contribution in [-0.4, -0.2) is 30.0 Å². The Kier molecular flexibility index (Phi) is 2.87. The molecule has 1 aliphatic rings. The summed E-state index contributed by atoms with van der Waals surface area (Å²) >= 11 is 0. The molecular formula is C8H17NO2. The summed E-state index contributed by atoms with van der Waals surface area (Å²) in [6.45, 7) is 3.07. The van der Waals surface area contributed by atoms with Gasteiger partial charge >= 0.3 is 0 Å². The molecule has 1 fully saturated rings. The molecule has 11 heavy (non-hydrogen) atoms. The maximum absolute atomic E-state index is 9.79. The molecule has 1 aliphatic heterocycles. The molecule has 0 radical (unpaired) electrons. The van der Waals surface area contributed by atoms with Crippen molar-refractivity contribution in [3.05, 3.63) is 0 Å². The van der Waals surface area contributed by atoms with Gasteiger partial charge in [-0.05, 0) is 19.4 Å². The fourth-order valence-electron chi connectivity index (χ4n) is 1.52. The highest BCUT2D eigenvalue weighted by Gasteiger charge is 2.36. The molecule has 2 unspecified atom stereocenters. The van der Waals surface area contributed by atoms with Gasteiger partial charge in [-0.2, -0.15) is 0 Å². The number of rotatable bonds is 3. The van der Waals surface area contributed by atoms with Crippen molar-refractivity contribution < 1.29 is 9.84 Å². The van der Waals surface area contributed by atoms with E-state index >= 15 is 0 Å². The standard InChI is InChI=1S/C8H17NO2/c1-2-7-5-8(10,3-4-9)6-11-7/h7,10H,2-6,9H2,1H3. The number of hydrogen-bond acceptors (Lipinski definition) is 3. The molecule has 1 rings (SSSR count). The van der Waals surface area contributed by atoms with E-state index in [2.05, 4.69) is 6.92 Å². The van der Waals surface area contributed by atoms with Gasteiger partial charge < -0.3 is 15.6 Å². The van der Waals surface area contributed by atoms with Gasteiger partial charge in [-0.1, -0.05) is 6.92 Å². The maximum atomic E-state index is 9.79. The molecule has 0 saturated carbocycles. The molecule has 3 N–H and O–H groups in total. The first kappa shape index (κ1) is 8.97. The first-order valence-electron chi connectivity index (χ1n) is 4.24. The van der Waals surface area contributed by atoms with Gasteiger partial charge in [0.15, 0.2) is 0 Å². The molecule has 1 heterocycles. The topological polar surface area (TPSA) is 55.5 Å². The molecule has 0 spiro atoms. The summed E-state index contributed by atoms with van der Waals surface area (Å²) in [5.74, 6) is 0. The van der Waals surface area contributed by atoms with E-state index in [4.69, 9.17) is 10.5 Å². The number of hydrogen-bond donors (Lipinski definition) is 2. The molecule has 1 saturated heterocycles. The second-order valence-electron chi connectivity index (χ2n) is 3.31. The first-order valence-corrected chi connectivity index (χ1v) is 4.24. The van der Waals surface area contributed by atoms with Gasteiger partial charge in [0.05, 0.1) is 18.3 Å². The third kappa shape index (κ3) is 2.15. The Hall–Kier alpha value is -0.120. The smallest absolute Gasteiger partial charge is 0.0916 e. The van der Waals surface area contributed by atoms with E-state index in [9.17, 15) is 5.11 Å². The molecule has 3 nitrogen and oxygen atoms in total. The van der Waals surface area contributed by atoms with Crippen LogP contribution in [0.15, 0.2) is 0 Å². The Balaban J connectivity index is 2.37. The van der Waals surface area contributed by atoms with E-state index in [0.717, 1.165) is 12.8 Å². The highest BCUT2D eigenvalue weighted by Crippen LogP contribution is 2.27. The Morgan fingerprint density at radius 1 is 1.73 bits per heavy atom. The fourth-order valence-corrected chi connectivity index (χ4v) is 1.52. The molecule has 0 aromatic carbocycles. The Morgan fingerprint density at radius 2 is 2.45 bits per heavy atom. The summed E-state index contributed by atoms with van der Waals surface area (Å²) in [5.41, 5.74) is 4.74. The van der Waals surface area contributed by atoms with Gasteiger partial charge in [0, 0.05) is 6.42 Å². The maximum Gasteiger partial charge on any atom is 0.0916 e. The summed E-state index contributed by atoms with van der Waals surface area (Å²) < 4.78 is 5.36. The Labute approximate surface area is 67.5 Å². The number of nitrogens with two attached hydrogens (primary N) is 1. The van der Waals surface area contributed by atoms with Crippen molar-refractivity contribution in [3.63, 3.8) is 0 Å². The molecule has 2 atom stereocenters. The normalized spacial score (nSPS) is 37.9. The monoisotopic (exact) mass is 159 g/mol. The van der Waals surface area contributed by atoms with Crippen LogP contribution < -0.4 is 5.73 Å². The van der Waals surface area contributed by atoms with Crippen molar-refractivity contribution >= 4 is 0 Å². The summed E-state index contributed by atoms with van der Waals surface area (Å²) in [7, 11) is 0. The quantitative estimate of drug-likeness (QED) is 0.621. The van der Waals surface area contributed by atoms with E-state index < -0.39 is 5.60 Å². The average molecular weight is 159 g/mol. The van der Waals surface area contributed by atoms with Crippen LogP contribution in [0.4, 0.5) is 0 Å². The van der Waals surface area contributed by atoms with Crippen LogP contribution in [0.5, 0.6) is 0 Å². The molecular weight excluding hydrogens is 142 g/mol. The third-order valence-corrected chi connectivity index (χ3v) is 2.26. The lowest BCUT2D eigenvalue weighted by molar-refractivity contribution is 0.0166. The summed E-state index contributed by atoms with van der Waals surface area (Å²) in [6.07, 6.45) is 2.63. The van der Waals surface area contributed by atoms with Gasteiger partial charge in [0.2, 0.25) is 0 Å². The van der Waals surface area contributed by atoms with Gasteiger partial charge in [0.1, 0.15) is 0 Å². The van der Waals surface area contributed by atoms with Crippen LogP contribution in [0.1, 0.15) is 26.2 Å². The second kappa shape index (κ2) is 3.52. The van der Waals surface area contributed by atoms with Gasteiger partial charge in [-0.25, -0.2) is 0 Å². The van der Waals surface area contributed by atoms with Gasteiger partial charge in [-0.15, -0.1) is 0 Å². The zero-order valence-electron chi connectivity index (χ0n) is 7.05. The molecule has 0 amide bonds. The van der Waals surface area contributed by atoms with E-state index in [1.54, 1.807) is 0 Å². The number of ether oxygens (including phenoxy) is 1. The molecule has 0 bridgehead atoms. The highest BCUT2D eigenvalue weighted by molar-refractivity contribution is 4.87. The molecule has 0 aromatic heterocycles. The van der Waals surface area contributed by atoms with Crippen LogP contribution in [-0.2, 0) is 4.74 Å². The van der Waals surface area contributed by atoms with E-state index in [-0.39, 0.29) is 6.10 Å². The van der Waals surface area contributed by atoms with Crippen LogP contribution in [0.2, 0.25) is 0 Å². The molecule has 66 valence electrons. The SMILES string of the molecule is CCC1CC(O)(CCN)CO1. The van der Waals surface area contributed by atoms with Crippen molar-refractivity contribution in [1.82, 2.24) is 0 Å². The van der Waals surface area contributed by atoms with Crippen molar-refractivity contribution in [2.24, 2.45) is 5.73 Å². The van der Waals surface area contributed by atoms with Crippen molar-refractivity contribution in [1.29, 1.82) is 0 Å². The van der Waals surface area contributed by atoms with Crippen LogP contribution in [0.3, 0.4) is 0 Å². The van der Waals surface area contributed by atoms with Crippen molar-refractivity contribution in [3.8, 4) is 0 Å². The lowest BCUT2D eigenvalue weighted by Crippen LogP contribution is -2.32. The van der Waals surface area contributed by atoms with Crippen molar-refractivity contribution in [2.45, 2.75) is 37.9 Å². The number of aliphatic hydroxyl groups is 1. The highest BCUT2D eigenvalue weighted by atomic mass is 16.5. The largest absolute Gasteiger partial charge is 0.387 e. The molecule has 3 heteroatoms. The summed E-state index contributed by atoms with van der Waals surface area (Å²) in [4.78, 5) is 0. The molecule has 0 aliphatic carbocycles. The predicted molar refractivity (Wildman–Crippen MR) is 43.3 cm³/mol. The minimum absolute atomic E-state index is 0.242. The third-order valence-electron chi connectivity index (χ3n) is 2.26. The van der Waals surface area contributed by atoms with Gasteiger partial charge in [-0.3, -0.25) is 0 Å². The Morgan fingerprint density at radius 3 is 2.91 bits per heavy atom. The summed E-state index contributed by atoms with van der Waals surface area (Å²) in [5, 5.41) is 9.79. The minimum atomic E-state index is -0.630. The predicted octanol–water partition coefficient (Wildman–Crippen LogP) is 0.265. The second-order valence-corrected chi connectivity index (χ2v) is 3.31. The van der Waals surface area contributed by atoms with Crippen LogP contribution >= 0.6 is 0 Å². The van der Waals surface area contributed by atoms with E-state index in [1.807, 2.05) is 0 Å². The zero-order valence-corrected chi connectivity index (χ0v) is 7.05. The lowest BCUT2D eigenvalue weighted by Gasteiger charge is -2.18. The zero-order chi connectivity index (χ0) is 8.32. The molecule has 0 aromatic rings. The van der Waals surface area contributed by atoms with Crippen molar-refractivity contribution in [2.75, 3.05) is 13.2 Å². The van der Waals surface area contributed by atoms with Crippen LogP contribution in [0.25, 0.3) is 0 Å². The fraction of sp³-hybridized carbons (Fsp3) is 1.00. The Bertz CT molecular complexity index is 129. The minimum Gasteiger partial charge on any atom is -0.387 e. The van der Waals surface area contributed by atoms with E-state index in [1.165, 1.54) is 0 Å². The summed E-state index contributed by atoms with van der Waals surface area (Å²) in [6, 6.07) is 0. The first-order chi connectivity index (χ1) is 5.20. The lowest BCUT2D eigenvalue weighted by atomic mass is 9.96. The van der Waals surface area contributed by atoms with Crippen LogP contribution in [0, 0.1) is 0 Å². The average Bonchev–Trinajstić information content (AvgIpc) is 2.33.